The van der Waals surface area contributed by atoms with Gasteiger partial charge in [0, 0.05) is 0 Å². The van der Waals surface area contributed by atoms with Crippen LogP contribution in [0.5, 0.6) is 5.75 Å². The molecule has 102 valence electrons. The van der Waals surface area contributed by atoms with Crippen LogP contribution < -0.4 is 0 Å². The first-order chi connectivity index (χ1) is 9.60. The van der Waals surface area contributed by atoms with Crippen LogP contribution in [0, 0.1) is 0 Å². The minimum Gasteiger partial charge on any atom is -0.507 e. The zero-order valence-corrected chi connectivity index (χ0v) is 11.2. The number of hydrogen-bond acceptors (Lipinski definition) is 3. The maximum absolute atomic E-state index is 12.2. The number of imide groups is 1. The summed E-state index contributed by atoms with van der Waals surface area (Å²) in [5, 5.41) is 9.73. The van der Waals surface area contributed by atoms with Crippen molar-refractivity contribution in [2.75, 3.05) is 6.54 Å². The van der Waals surface area contributed by atoms with E-state index in [1.807, 2.05) is 19.1 Å². The van der Waals surface area contributed by atoms with Crippen molar-refractivity contribution in [2.24, 2.45) is 0 Å². The SMILES string of the molecule is C=C/C=C(\C=C/C)CN1C(=O)c2cccc(O)c2C1=O. The second kappa shape index (κ2) is 5.57. The van der Waals surface area contributed by atoms with E-state index in [2.05, 4.69) is 6.58 Å². The molecule has 4 heteroatoms. The van der Waals surface area contributed by atoms with Gasteiger partial charge in [0.1, 0.15) is 5.75 Å². The van der Waals surface area contributed by atoms with E-state index in [-0.39, 0.29) is 29.3 Å². The van der Waals surface area contributed by atoms with Crippen molar-refractivity contribution < 1.29 is 14.7 Å². The van der Waals surface area contributed by atoms with Crippen molar-refractivity contribution in [1.82, 2.24) is 4.90 Å². The van der Waals surface area contributed by atoms with E-state index in [4.69, 9.17) is 0 Å². The predicted molar refractivity (Wildman–Crippen MR) is 76.6 cm³/mol. The quantitative estimate of drug-likeness (QED) is 0.675. The molecule has 2 amide bonds. The van der Waals surface area contributed by atoms with Crippen LogP contribution in [0.15, 0.2) is 54.7 Å². The van der Waals surface area contributed by atoms with E-state index < -0.39 is 5.91 Å². The van der Waals surface area contributed by atoms with Crippen LogP contribution in [0.1, 0.15) is 27.6 Å². The molecule has 0 bridgehead atoms. The highest BCUT2D eigenvalue weighted by atomic mass is 16.3. The number of benzene rings is 1. The second-order valence-electron chi connectivity index (χ2n) is 4.37. The normalized spacial score (nSPS) is 15.1. The van der Waals surface area contributed by atoms with Crippen LogP contribution in [0.2, 0.25) is 0 Å². The highest BCUT2D eigenvalue weighted by Crippen LogP contribution is 2.30. The summed E-state index contributed by atoms with van der Waals surface area (Å²) in [4.78, 5) is 25.6. The number of nitrogens with zero attached hydrogens (tertiary/aromatic N) is 1. The Hall–Kier alpha value is -2.62. The zero-order valence-electron chi connectivity index (χ0n) is 11.2. The Morgan fingerprint density at radius 2 is 2.10 bits per heavy atom. The highest BCUT2D eigenvalue weighted by molar-refractivity contribution is 6.22. The van der Waals surface area contributed by atoms with E-state index in [9.17, 15) is 14.7 Å². The fraction of sp³-hybridized carbons (Fsp3) is 0.125. The minimum atomic E-state index is -0.470. The molecular weight excluding hydrogens is 254 g/mol. The van der Waals surface area contributed by atoms with Gasteiger partial charge in [-0.05, 0) is 24.6 Å². The van der Waals surface area contributed by atoms with E-state index in [1.165, 1.54) is 6.07 Å². The molecule has 2 rings (SSSR count). The van der Waals surface area contributed by atoms with Crippen LogP contribution in [-0.2, 0) is 0 Å². The topological polar surface area (TPSA) is 57.6 Å². The molecular formula is C16H15NO3. The van der Waals surface area contributed by atoms with Crippen LogP contribution in [0.25, 0.3) is 0 Å². The molecule has 0 fully saturated rings. The van der Waals surface area contributed by atoms with E-state index in [0.29, 0.717) is 0 Å². The largest absolute Gasteiger partial charge is 0.507 e. The van der Waals surface area contributed by atoms with Crippen molar-refractivity contribution >= 4 is 11.8 Å². The molecule has 1 aliphatic heterocycles. The zero-order chi connectivity index (χ0) is 14.7. The lowest BCUT2D eigenvalue weighted by molar-refractivity contribution is 0.0668. The van der Waals surface area contributed by atoms with E-state index >= 15 is 0 Å². The fourth-order valence-corrected chi connectivity index (χ4v) is 2.17. The Bertz CT molecular complexity index is 641. The van der Waals surface area contributed by atoms with Gasteiger partial charge in [-0.3, -0.25) is 14.5 Å². The first kappa shape index (κ1) is 13.8. The van der Waals surface area contributed by atoms with Gasteiger partial charge in [-0.2, -0.15) is 0 Å². The second-order valence-corrected chi connectivity index (χ2v) is 4.37. The highest BCUT2D eigenvalue weighted by Gasteiger charge is 2.37. The van der Waals surface area contributed by atoms with Crippen LogP contribution in [-0.4, -0.2) is 28.4 Å². The molecule has 1 heterocycles. The Morgan fingerprint density at radius 3 is 2.70 bits per heavy atom. The molecule has 0 unspecified atom stereocenters. The van der Waals surface area contributed by atoms with Gasteiger partial charge in [-0.15, -0.1) is 0 Å². The molecule has 1 N–H and O–H groups in total. The maximum atomic E-state index is 12.2. The van der Waals surface area contributed by atoms with Gasteiger partial charge in [-0.25, -0.2) is 0 Å². The number of phenolic OH excluding ortho intramolecular Hbond substituents is 1. The van der Waals surface area contributed by atoms with E-state index in [1.54, 1.807) is 24.3 Å². The number of amides is 2. The lowest BCUT2D eigenvalue weighted by atomic mass is 10.1. The molecule has 0 saturated carbocycles. The first-order valence-corrected chi connectivity index (χ1v) is 6.22. The van der Waals surface area contributed by atoms with Gasteiger partial charge in [-0.1, -0.05) is 36.9 Å². The Kier molecular flexibility index (Phi) is 3.84. The van der Waals surface area contributed by atoms with Crippen molar-refractivity contribution in [2.45, 2.75) is 6.92 Å². The summed E-state index contributed by atoms with van der Waals surface area (Å²) in [6.07, 6.45) is 6.98. The lowest BCUT2D eigenvalue weighted by Gasteiger charge is -2.14. The third kappa shape index (κ3) is 2.28. The maximum Gasteiger partial charge on any atom is 0.265 e. The molecule has 0 radical (unpaired) electrons. The van der Waals surface area contributed by atoms with Gasteiger partial charge in [0.2, 0.25) is 0 Å². The van der Waals surface area contributed by atoms with Gasteiger partial charge in [0.25, 0.3) is 11.8 Å². The summed E-state index contributed by atoms with van der Waals surface area (Å²) in [5.41, 5.74) is 1.11. The molecule has 4 nitrogen and oxygen atoms in total. The number of allylic oxidation sites excluding steroid dienone is 3. The molecule has 0 saturated heterocycles. The summed E-state index contributed by atoms with van der Waals surface area (Å²) in [6.45, 7) is 5.62. The molecule has 0 aliphatic carbocycles. The molecule has 1 aliphatic rings. The van der Waals surface area contributed by atoms with Gasteiger partial charge in [0.05, 0.1) is 17.7 Å². The number of aromatic hydroxyl groups is 1. The molecule has 0 atom stereocenters. The monoisotopic (exact) mass is 269 g/mol. The van der Waals surface area contributed by atoms with Crippen molar-refractivity contribution in [3.05, 3.63) is 65.8 Å². The summed E-state index contributed by atoms with van der Waals surface area (Å²) in [7, 11) is 0. The predicted octanol–water partition coefficient (Wildman–Crippen LogP) is 2.68. The number of rotatable bonds is 4. The minimum absolute atomic E-state index is 0.0796. The summed E-state index contributed by atoms with van der Waals surface area (Å²) >= 11 is 0. The molecule has 20 heavy (non-hydrogen) atoms. The van der Waals surface area contributed by atoms with Gasteiger partial charge < -0.3 is 5.11 Å². The summed E-state index contributed by atoms with van der Waals surface area (Å²) in [6, 6.07) is 4.50. The van der Waals surface area contributed by atoms with Crippen LogP contribution in [0.3, 0.4) is 0 Å². The molecule has 1 aromatic carbocycles. The smallest absolute Gasteiger partial charge is 0.265 e. The van der Waals surface area contributed by atoms with Crippen molar-refractivity contribution in [3.8, 4) is 5.75 Å². The van der Waals surface area contributed by atoms with Crippen molar-refractivity contribution in [1.29, 1.82) is 0 Å². The van der Waals surface area contributed by atoms with Crippen LogP contribution in [0.4, 0.5) is 0 Å². The first-order valence-electron chi connectivity index (χ1n) is 6.22. The summed E-state index contributed by atoms with van der Waals surface area (Å²) < 4.78 is 0. The standard InChI is InChI=1S/C16H15NO3/c1-3-6-11(7-4-2)10-17-15(19)12-8-5-9-13(18)14(12)16(17)20/h3-9,18H,1,10H2,2H3/b7-4-,11-6+. The lowest BCUT2D eigenvalue weighted by Crippen LogP contribution is -2.31. The number of carbonyl (C=O) groups is 2. The van der Waals surface area contributed by atoms with Gasteiger partial charge in [0.15, 0.2) is 0 Å². The number of carbonyl (C=O) groups excluding carboxylic acids is 2. The fourth-order valence-electron chi connectivity index (χ4n) is 2.17. The number of phenols is 1. The average Bonchev–Trinajstić information content (AvgIpc) is 2.66. The third-order valence-electron chi connectivity index (χ3n) is 3.03. The molecule has 0 spiro atoms. The van der Waals surface area contributed by atoms with E-state index in [0.717, 1.165) is 10.5 Å². The Morgan fingerprint density at radius 1 is 1.35 bits per heavy atom. The van der Waals surface area contributed by atoms with Crippen molar-refractivity contribution in [3.63, 3.8) is 0 Å². The Labute approximate surface area is 117 Å². The number of fused-ring (bicyclic) bond motifs is 1. The molecule has 0 aromatic heterocycles. The van der Waals surface area contributed by atoms with Gasteiger partial charge >= 0.3 is 0 Å². The average molecular weight is 269 g/mol. The summed E-state index contributed by atoms with van der Waals surface area (Å²) in [5.74, 6) is -1.02. The molecule has 1 aromatic rings. The van der Waals surface area contributed by atoms with Crippen LogP contribution >= 0.6 is 0 Å². The Balaban J connectivity index is 2.36. The number of hydrogen-bond donors (Lipinski definition) is 1. The third-order valence-corrected chi connectivity index (χ3v) is 3.03.